The van der Waals surface area contributed by atoms with Gasteiger partial charge in [-0.05, 0) is 28.3 Å². The first-order chi connectivity index (χ1) is 9.74. The quantitative estimate of drug-likeness (QED) is 0.857. The Morgan fingerprint density at radius 3 is 2.75 bits per heavy atom. The van der Waals surface area contributed by atoms with Gasteiger partial charge in [0.05, 0.1) is 0 Å². The zero-order chi connectivity index (χ0) is 13.6. The number of pyridine rings is 1. The second-order valence-electron chi connectivity index (χ2n) is 5.54. The van der Waals surface area contributed by atoms with Crippen LogP contribution in [0.25, 0.3) is 11.1 Å². The van der Waals surface area contributed by atoms with Crippen LogP contribution in [0.3, 0.4) is 0 Å². The number of hydrogen-bond acceptors (Lipinski definition) is 4. The first kappa shape index (κ1) is 11.5. The van der Waals surface area contributed by atoms with Crippen molar-refractivity contribution in [2.45, 2.75) is 18.4 Å². The summed E-state index contributed by atoms with van der Waals surface area (Å²) in [7, 11) is 0. The molecular formula is C16H15N3O. The van der Waals surface area contributed by atoms with Gasteiger partial charge in [-0.1, -0.05) is 24.3 Å². The largest absolute Gasteiger partial charge is 0.463 e. The number of nitrogens with zero attached hydrogens (tertiary/aromatic N) is 2. The molecule has 2 aromatic rings. The summed E-state index contributed by atoms with van der Waals surface area (Å²) >= 11 is 0. The number of fused-ring (bicyclic) bond motifs is 1. The lowest BCUT2D eigenvalue weighted by atomic mass is 9.98. The van der Waals surface area contributed by atoms with E-state index >= 15 is 0 Å². The lowest BCUT2D eigenvalue weighted by Crippen LogP contribution is -2.28. The summed E-state index contributed by atoms with van der Waals surface area (Å²) in [5, 5.41) is 0. The van der Waals surface area contributed by atoms with E-state index in [-0.39, 0.29) is 5.54 Å². The molecule has 100 valence electrons. The Morgan fingerprint density at radius 1 is 1.10 bits per heavy atom. The summed E-state index contributed by atoms with van der Waals surface area (Å²) in [5.74, 6) is 0. The normalized spacial score (nSPS) is 23.5. The third-order valence-corrected chi connectivity index (χ3v) is 4.08. The molecule has 4 rings (SSSR count). The van der Waals surface area contributed by atoms with Gasteiger partial charge in [0.25, 0.3) is 6.02 Å². The average Bonchev–Trinajstić information content (AvgIpc) is 3.01. The standard InChI is InChI=1S/C16H15N3O/c17-15-19-16(10-20-15)7-12-4-3-11(6-14(12)8-16)13-2-1-5-18-9-13/h1-6,9H,7-8,10H2,(H2,17,19). The molecule has 0 bridgehead atoms. The van der Waals surface area contributed by atoms with Crippen molar-refractivity contribution in [3.8, 4) is 11.1 Å². The highest BCUT2D eigenvalue weighted by molar-refractivity contribution is 5.74. The number of nitrogens with two attached hydrogens (primary N) is 1. The van der Waals surface area contributed by atoms with Crippen LogP contribution in [0.5, 0.6) is 0 Å². The Bertz CT molecular complexity index is 696. The number of ether oxygens (including phenoxy) is 1. The Hall–Kier alpha value is -2.36. The summed E-state index contributed by atoms with van der Waals surface area (Å²) < 4.78 is 5.35. The molecule has 0 saturated carbocycles. The second-order valence-corrected chi connectivity index (χ2v) is 5.54. The third kappa shape index (κ3) is 1.76. The summed E-state index contributed by atoms with van der Waals surface area (Å²) in [5.41, 5.74) is 10.5. The molecule has 1 aliphatic heterocycles. The monoisotopic (exact) mass is 265 g/mol. The van der Waals surface area contributed by atoms with E-state index < -0.39 is 0 Å². The van der Waals surface area contributed by atoms with Gasteiger partial charge in [-0.25, -0.2) is 4.99 Å². The molecule has 1 aromatic carbocycles. The fraction of sp³-hybridized carbons (Fsp3) is 0.250. The summed E-state index contributed by atoms with van der Waals surface area (Å²) in [6, 6.07) is 10.9. The van der Waals surface area contributed by atoms with Crippen molar-refractivity contribution in [1.82, 2.24) is 4.98 Å². The van der Waals surface area contributed by atoms with Gasteiger partial charge in [-0.2, -0.15) is 0 Å². The van der Waals surface area contributed by atoms with Crippen LogP contribution in [0, 0.1) is 0 Å². The van der Waals surface area contributed by atoms with Gasteiger partial charge in [-0.15, -0.1) is 0 Å². The smallest absolute Gasteiger partial charge is 0.282 e. The Labute approximate surface area is 117 Å². The number of aromatic nitrogens is 1. The van der Waals surface area contributed by atoms with E-state index in [2.05, 4.69) is 34.2 Å². The minimum absolute atomic E-state index is 0.167. The van der Waals surface area contributed by atoms with Gasteiger partial charge in [0.1, 0.15) is 12.1 Å². The van der Waals surface area contributed by atoms with Crippen LogP contribution < -0.4 is 5.73 Å². The zero-order valence-electron chi connectivity index (χ0n) is 11.0. The molecule has 2 heterocycles. The van der Waals surface area contributed by atoms with Crippen LogP contribution >= 0.6 is 0 Å². The Balaban J connectivity index is 1.70. The lowest BCUT2D eigenvalue weighted by Gasteiger charge is -2.15. The summed E-state index contributed by atoms with van der Waals surface area (Å²) in [6.45, 7) is 0.593. The predicted octanol–water partition coefficient (Wildman–Crippen LogP) is 1.93. The van der Waals surface area contributed by atoms with Gasteiger partial charge < -0.3 is 10.5 Å². The van der Waals surface area contributed by atoms with Crippen LogP contribution in [-0.2, 0) is 17.6 Å². The second kappa shape index (κ2) is 4.07. The molecule has 1 unspecified atom stereocenters. The molecule has 4 nitrogen and oxygen atoms in total. The first-order valence-corrected chi connectivity index (χ1v) is 6.74. The molecule has 2 aliphatic rings. The predicted molar refractivity (Wildman–Crippen MR) is 77.4 cm³/mol. The minimum atomic E-state index is -0.167. The van der Waals surface area contributed by atoms with E-state index in [1.54, 1.807) is 6.20 Å². The van der Waals surface area contributed by atoms with Gasteiger partial charge in [-0.3, -0.25) is 4.98 Å². The Morgan fingerprint density at radius 2 is 2.00 bits per heavy atom. The van der Waals surface area contributed by atoms with E-state index in [1.165, 1.54) is 16.7 Å². The van der Waals surface area contributed by atoms with Gasteiger partial charge in [0, 0.05) is 25.2 Å². The topological polar surface area (TPSA) is 60.5 Å². The highest BCUT2D eigenvalue weighted by atomic mass is 16.5. The van der Waals surface area contributed by atoms with Crippen molar-refractivity contribution >= 4 is 6.02 Å². The summed E-state index contributed by atoms with van der Waals surface area (Å²) in [6.07, 6.45) is 5.49. The number of benzene rings is 1. The number of hydrogen-bond donors (Lipinski definition) is 1. The number of amidine groups is 1. The molecule has 20 heavy (non-hydrogen) atoms. The highest BCUT2D eigenvalue weighted by Crippen LogP contribution is 2.37. The van der Waals surface area contributed by atoms with E-state index in [1.807, 2.05) is 12.3 Å². The molecule has 0 fully saturated rings. The van der Waals surface area contributed by atoms with Crippen LogP contribution in [0.2, 0.25) is 0 Å². The van der Waals surface area contributed by atoms with Crippen molar-refractivity contribution in [2.75, 3.05) is 6.61 Å². The average molecular weight is 265 g/mol. The number of rotatable bonds is 1. The van der Waals surface area contributed by atoms with Crippen molar-refractivity contribution in [2.24, 2.45) is 10.7 Å². The SMILES string of the molecule is NC1=NC2(CO1)Cc1ccc(-c3cccnc3)cc1C2. The van der Waals surface area contributed by atoms with E-state index in [0.29, 0.717) is 12.6 Å². The molecule has 1 aliphatic carbocycles. The summed E-state index contributed by atoms with van der Waals surface area (Å²) in [4.78, 5) is 8.67. The van der Waals surface area contributed by atoms with E-state index in [9.17, 15) is 0 Å². The highest BCUT2D eigenvalue weighted by Gasteiger charge is 2.41. The third-order valence-electron chi connectivity index (χ3n) is 4.08. The fourth-order valence-corrected chi connectivity index (χ4v) is 3.14. The van der Waals surface area contributed by atoms with Gasteiger partial charge in [0.15, 0.2) is 0 Å². The molecular weight excluding hydrogens is 250 g/mol. The molecule has 0 saturated heterocycles. The maximum absolute atomic E-state index is 5.66. The van der Waals surface area contributed by atoms with Gasteiger partial charge >= 0.3 is 0 Å². The van der Waals surface area contributed by atoms with E-state index in [4.69, 9.17) is 10.5 Å². The number of aliphatic imine (C=N–C) groups is 1. The maximum Gasteiger partial charge on any atom is 0.282 e. The maximum atomic E-state index is 5.66. The van der Waals surface area contributed by atoms with E-state index in [0.717, 1.165) is 18.4 Å². The molecule has 1 aromatic heterocycles. The molecule has 1 atom stereocenters. The van der Waals surface area contributed by atoms with Crippen LogP contribution in [-0.4, -0.2) is 23.2 Å². The lowest BCUT2D eigenvalue weighted by molar-refractivity contribution is 0.258. The van der Waals surface area contributed by atoms with Crippen LogP contribution in [0.1, 0.15) is 11.1 Å². The van der Waals surface area contributed by atoms with Crippen LogP contribution in [0.4, 0.5) is 0 Å². The van der Waals surface area contributed by atoms with Crippen LogP contribution in [0.15, 0.2) is 47.7 Å². The molecule has 0 radical (unpaired) electrons. The molecule has 2 N–H and O–H groups in total. The minimum Gasteiger partial charge on any atom is -0.463 e. The molecule has 0 amide bonds. The van der Waals surface area contributed by atoms with Crippen molar-refractivity contribution in [3.05, 3.63) is 53.9 Å². The molecule has 1 spiro atoms. The first-order valence-electron chi connectivity index (χ1n) is 6.74. The van der Waals surface area contributed by atoms with Gasteiger partial charge in [0.2, 0.25) is 0 Å². The van der Waals surface area contributed by atoms with Crippen molar-refractivity contribution in [3.63, 3.8) is 0 Å². The van der Waals surface area contributed by atoms with Crippen molar-refractivity contribution in [1.29, 1.82) is 0 Å². The molecule has 4 heteroatoms. The zero-order valence-corrected chi connectivity index (χ0v) is 11.0. The van der Waals surface area contributed by atoms with Crippen molar-refractivity contribution < 1.29 is 4.74 Å². The fourth-order valence-electron chi connectivity index (χ4n) is 3.14. The Kier molecular flexibility index (Phi) is 2.33.